The average molecular weight is 552 g/mol. The second kappa shape index (κ2) is 9.55. The van der Waals surface area contributed by atoms with Crippen LogP contribution in [0, 0.1) is 0 Å². The number of hydrogen-bond donors (Lipinski definition) is 0. The van der Waals surface area contributed by atoms with Gasteiger partial charge in [-0.25, -0.2) is 0 Å². The van der Waals surface area contributed by atoms with Crippen molar-refractivity contribution in [1.82, 2.24) is 0 Å². The molecule has 0 unspecified atom stereocenters. The fourth-order valence-corrected chi connectivity index (χ4v) is 14.8. The van der Waals surface area contributed by atoms with Gasteiger partial charge < -0.3 is 0 Å². The summed E-state index contributed by atoms with van der Waals surface area (Å²) in [6.45, 7) is 5.49. The van der Waals surface area contributed by atoms with E-state index in [2.05, 4.69) is 48.5 Å². The van der Waals surface area contributed by atoms with Gasteiger partial charge in [-0.15, -0.1) is 0 Å². The molecule has 4 nitrogen and oxygen atoms in total. The van der Waals surface area contributed by atoms with Crippen LogP contribution in [0.5, 0.6) is 0 Å². The van der Waals surface area contributed by atoms with Gasteiger partial charge in [0.05, 0.1) is 0 Å². The normalized spacial score (nSPS) is 13.1. The standard InChI is InChI=1S/2C13H9.2C3H6O2.C2H4.Ti/c2*1-3-7-12-10(5-1)9-11-6-2-4-8-13(11)12;2*1-2-3(4)5;1-2;/h2*1-5,7-8H,9H2;2*2H2,1H3,(H,4,5);1H,2H3;/q;;;;;+2/p-2. The van der Waals surface area contributed by atoms with E-state index in [-0.39, 0.29) is 24.8 Å². The maximum atomic E-state index is 13.5. The van der Waals surface area contributed by atoms with Crippen LogP contribution >= 0.6 is 0 Å². The summed E-state index contributed by atoms with van der Waals surface area (Å²) in [6, 6.07) is 29.1. The molecule has 0 radical (unpaired) electrons. The molecule has 0 saturated heterocycles. The Kier molecular flexibility index (Phi) is 6.29. The van der Waals surface area contributed by atoms with Crippen LogP contribution in [0.25, 0.3) is 22.3 Å². The third-order valence-corrected chi connectivity index (χ3v) is 16.7. The van der Waals surface area contributed by atoms with Crippen LogP contribution in [0.4, 0.5) is 0 Å². The average Bonchev–Trinajstić information content (AvgIpc) is 3.55. The zero-order chi connectivity index (χ0) is 27.2. The SMILES string of the molecule is C[CH]=[Ti]([O]C(=O)CC)([O]C(=O)CC)([c]1cccc2c1Cc1ccccc1-2)[c]1cccc2c1Cc1ccccc1-2. The van der Waals surface area contributed by atoms with Crippen LogP contribution in [0.3, 0.4) is 0 Å². The van der Waals surface area contributed by atoms with E-state index in [4.69, 9.17) is 6.64 Å². The first-order valence-electron chi connectivity index (χ1n) is 13.8. The summed E-state index contributed by atoms with van der Waals surface area (Å²) < 4.78 is 17.2. The van der Waals surface area contributed by atoms with Crippen LogP contribution in [-0.2, 0) is 44.7 Å². The molecule has 0 saturated carbocycles. The van der Waals surface area contributed by atoms with Gasteiger partial charge in [0.25, 0.3) is 0 Å². The molecule has 0 amide bonds. The van der Waals surface area contributed by atoms with Crippen molar-refractivity contribution in [2.24, 2.45) is 0 Å². The second-order valence-corrected chi connectivity index (χ2v) is 17.2. The molecule has 39 heavy (non-hydrogen) atoms. The summed E-state index contributed by atoms with van der Waals surface area (Å²) in [6.07, 6.45) is 1.75. The Morgan fingerprint density at radius 2 is 1.05 bits per heavy atom. The number of carbonyl (C=O) groups excluding carboxylic acids is 2. The monoisotopic (exact) mass is 552 g/mol. The molecule has 0 spiro atoms. The number of carbonyl (C=O) groups is 2. The Hall–Kier alpha value is -3.60. The minimum atomic E-state index is -5.51. The molecule has 0 heterocycles. The Balaban J connectivity index is 1.74. The molecule has 0 fully saturated rings. The van der Waals surface area contributed by atoms with Crippen molar-refractivity contribution in [3.05, 3.63) is 107 Å². The van der Waals surface area contributed by atoms with E-state index in [0.29, 0.717) is 12.8 Å². The van der Waals surface area contributed by atoms with Gasteiger partial charge in [-0.1, -0.05) is 0 Å². The molecule has 5 heteroatoms. The van der Waals surface area contributed by atoms with Crippen molar-refractivity contribution < 1.29 is 31.8 Å². The summed E-state index contributed by atoms with van der Waals surface area (Å²) >= 11 is -5.51. The van der Waals surface area contributed by atoms with Gasteiger partial charge in [0, 0.05) is 0 Å². The van der Waals surface area contributed by atoms with Crippen LogP contribution in [0.2, 0.25) is 0 Å². The third-order valence-electron chi connectivity index (χ3n) is 8.46. The van der Waals surface area contributed by atoms with E-state index in [9.17, 15) is 9.59 Å². The fraction of sp³-hybridized carbons (Fsp3) is 0.206. The fourth-order valence-electron chi connectivity index (χ4n) is 6.61. The molecule has 196 valence electrons. The van der Waals surface area contributed by atoms with E-state index < -0.39 is 15.6 Å². The molecule has 2 aliphatic rings. The summed E-state index contributed by atoms with van der Waals surface area (Å²) in [5.41, 5.74) is 9.16. The summed E-state index contributed by atoms with van der Waals surface area (Å²) in [4.78, 5) is 26.9. The first-order valence-corrected chi connectivity index (χ1v) is 17.5. The topological polar surface area (TPSA) is 52.6 Å². The molecular formula is C34H32O4Ti. The van der Waals surface area contributed by atoms with Gasteiger partial charge in [-0.05, 0) is 0 Å². The minimum absolute atomic E-state index is 0.182. The quantitative estimate of drug-likeness (QED) is 0.237. The molecule has 6 rings (SSSR count). The number of fused-ring (bicyclic) bond motifs is 6. The number of rotatable bonds is 6. The second-order valence-electron chi connectivity index (χ2n) is 10.4. The van der Waals surface area contributed by atoms with Crippen LogP contribution in [-0.4, -0.2) is 16.3 Å². The Bertz CT molecular complexity index is 1600. The van der Waals surface area contributed by atoms with E-state index in [0.717, 1.165) is 30.0 Å². The molecule has 0 bridgehead atoms. The van der Waals surface area contributed by atoms with Crippen molar-refractivity contribution in [3.8, 4) is 22.3 Å². The molecule has 2 aliphatic carbocycles. The van der Waals surface area contributed by atoms with Crippen LogP contribution in [0.1, 0.15) is 55.9 Å². The van der Waals surface area contributed by atoms with Crippen molar-refractivity contribution in [2.75, 3.05) is 0 Å². The van der Waals surface area contributed by atoms with Crippen molar-refractivity contribution >= 4 is 24.0 Å². The molecule has 4 aromatic rings. The third kappa shape index (κ3) is 3.73. The van der Waals surface area contributed by atoms with Crippen LogP contribution < -0.4 is 7.74 Å². The Morgan fingerprint density at radius 3 is 1.46 bits per heavy atom. The number of benzene rings is 4. The van der Waals surface area contributed by atoms with E-state index in [1.54, 1.807) is 13.8 Å². The molecule has 0 N–H and O–H groups in total. The van der Waals surface area contributed by atoms with Crippen molar-refractivity contribution in [2.45, 2.75) is 46.5 Å². The molecule has 0 atom stereocenters. The Morgan fingerprint density at radius 1 is 0.641 bits per heavy atom. The van der Waals surface area contributed by atoms with Gasteiger partial charge in [0.15, 0.2) is 0 Å². The van der Waals surface area contributed by atoms with Gasteiger partial charge in [0.1, 0.15) is 0 Å². The van der Waals surface area contributed by atoms with Crippen LogP contribution in [0.15, 0.2) is 84.9 Å². The predicted molar refractivity (Wildman–Crippen MR) is 153 cm³/mol. The molecule has 4 aromatic carbocycles. The van der Waals surface area contributed by atoms with Gasteiger partial charge in [0.2, 0.25) is 0 Å². The number of hydrogen-bond acceptors (Lipinski definition) is 4. The Labute approximate surface area is 231 Å². The van der Waals surface area contributed by atoms with E-state index in [1.807, 2.05) is 47.6 Å². The van der Waals surface area contributed by atoms with Gasteiger partial charge in [-0.3, -0.25) is 0 Å². The van der Waals surface area contributed by atoms with E-state index >= 15 is 0 Å². The maximum absolute atomic E-state index is 13.5. The van der Waals surface area contributed by atoms with Crippen molar-refractivity contribution in [3.63, 3.8) is 0 Å². The first-order chi connectivity index (χ1) is 18.9. The van der Waals surface area contributed by atoms with Crippen molar-refractivity contribution in [1.29, 1.82) is 0 Å². The zero-order valence-electron chi connectivity index (χ0n) is 22.6. The zero-order valence-corrected chi connectivity index (χ0v) is 24.2. The molecular weight excluding hydrogens is 520 g/mol. The molecule has 0 aromatic heterocycles. The summed E-state index contributed by atoms with van der Waals surface area (Å²) in [7, 11) is 0. The summed E-state index contributed by atoms with van der Waals surface area (Å²) in [5.74, 6) is -0.731. The van der Waals surface area contributed by atoms with E-state index in [1.165, 1.54) is 22.3 Å². The molecule has 0 aliphatic heterocycles. The predicted octanol–water partition coefficient (Wildman–Crippen LogP) is 6.03. The summed E-state index contributed by atoms with van der Waals surface area (Å²) in [5, 5.41) is 0. The van der Waals surface area contributed by atoms with Gasteiger partial charge in [-0.2, -0.15) is 0 Å². The van der Waals surface area contributed by atoms with Gasteiger partial charge >= 0.3 is 232 Å². The first kappa shape index (κ1) is 25.7.